The quantitative estimate of drug-likeness (QED) is 0.839. The molecule has 0 spiro atoms. The van der Waals surface area contributed by atoms with E-state index in [1.807, 2.05) is 0 Å². The standard InChI is InChI=1S/C14H20F2N2O2S/c1-9(10-5-3-2-4-6-10)18-21(19,20)14-12(15)7-11(17)8-13(14)16/h7-10,18H,2-6,17H2,1H3. The van der Waals surface area contributed by atoms with Gasteiger partial charge in [-0.05, 0) is 37.8 Å². The van der Waals surface area contributed by atoms with Crippen LogP contribution in [0.15, 0.2) is 17.0 Å². The number of hydrogen-bond acceptors (Lipinski definition) is 3. The van der Waals surface area contributed by atoms with E-state index in [1.54, 1.807) is 6.92 Å². The normalized spacial score (nSPS) is 18.6. The van der Waals surface area contributed by atoms with Gasteiger partial charge in [-0.1, -0.05) is 19.3 Å². The summed E-state index contributed by atoms with van der Waals surface area (Å²) in [6.45, 7) is 1.74. The number of rotatable bonds is 4. The molecule has 0 saturated heterocycles. The van der Waals surface area contributed by atoms with Crippen LogP contribution in [0.4, 0.5) is 14.5 Å². The van der Waals surface area contributed by atoms with Gasteiger partial charge in [0, 0.05) is 11.7 Å². The summed E-state index contributed by atoms with van der Waals surface area (Å²) in [7, 11) is -4.24. The Bertz CT molecular complexity index is 590. The zero-order valence-corrected chi connectivity index (χ0v) is 12.7. The topological polar surface area (TPSA) is 72.2 Å². The Morgan fingerprint density at radius 1 is 1.19 bits per heavy atom. The van der Waals surface area contributed by atoms with E-state index < -0.39 is 26.6 Å². The Morgan fingerprint density at radius 2 is 1.71 bits per heavy atom. The van der Waals surface area contributed by atoms with Gasteiger partial charge in [-0.15, -0.1) is 0 Å². The molecule has 1 aliphatic carbocycles. The summed E-state index contributed by atoms with van der Waals surface area (Å²) in [6.07, 6.45) is 5.12. The average Bonchev–Trinajstić information content (AvgIpc) is 2.37. The van der Waals surface area contributed by atoms with Gasteiger partial charge in [-0.25, -0.2) is 21.9 Å². The lowest BCUT2D eigenvalue weighted by Crippen LogP contribution is -2.39. The summed E-state index contributed by atoms with van der Waals surface area (Å²) >= 11 is 0. The van der Waals surface area contributed by atoms with Crippen molar-refractivity contribution in [2.75, 3.05) is 5.73 Å². The van der Waals surface area contributed by atoms with E-state index in [9.17, 15) is 17.2 Å². The van der Waals surface area contributed by atoms with Crippen LogP contribution in [0, 0.1) is 17.6 Å². The molecule has 21 heavy (non-hydrogen) atoms. The van der Waals surface area contributed by atoms with E-state index >= 15 is 0 Å². The smallest absolute Gasteiger partial charge is 0.246 e. The Kier molecular flexibility index (Phi) is 4.83. The lowest BCUT2D eigenvalue weighted by molar-refractivity contribution is 0.302. The van der Waals surface area contributed by atoms with Gasteiger partial charge in [0.05, 0.1) is 0 Å². The van der Waals surface area contributed by atoms with Gasteiger partial charge >= 0.3 is 0 Å². The van der Waals surface area contributed by atoms with Crippen molar-refractivity contribution in [1.82, 2.24) is 4.72 Å². The van der Waals surface area contributed by atoms with Gasteiger partial charge in [0.25, 0.3) is 0 Å². The van der Waals surface area contributed by atoms with Crippen LogP contribution in [0.1, 0.15) is 39.0 Å². The minimum Gasteiger partial charge on any atom is -0.399 e. The molecule has 1 fully saturated rings. The van der Waals surface area contributed by atoms with Crippen molar-refractivity contribution in [2.24, 2.45) is 5.92 Å². The molecule has 1 aromatic rings. The number of anilines is 1. The second kappa shape index (κ2) is 6.27. The van der Waals surface area contributed by atoms with Crippen LogP contribution in [0.3, 0.4) is 0 Å². The van der Waals surface area contributed by atoms with Crippen LogP contribution in [-0.2, 0) is 10.0 Å². The van der Waals surface area contributed by atoms with Gasteiger partial charge in [0.1, 0.15) is 11.6 Å². The van der Waals surface area contributed by atoms with Crippen molar-refractivity contribution in [2.45, 2.75) is 50.0 Å². The first-order valence-corrected chi connectivity index (χ1v) is 8.56. The van der Waals surface area contributed by atoms with E-state index in [1.165, 1.54) is 0 Å². The van der Waals surface area contributed by atoms with Crippen LogP contribution in [0.2, 0.25) is 0 Å². The van der Waals surface area contributed by atoms with Crippen LogP contribution in [0.25, 0.3) is 0 Å². The SMILES string of the molecule is CC(NS(=O)(=O)c1c(F)cc(N)cc1F)C1CCCCC1. The lowest BCUT2D eigenvalue weighted by atomic mass is 9.85. The van der Waals surface area contributed by atoms with E-state index in [0.29, 0.717) is 0 Å². The molecule has 1 unspecified atom stereocenters. The summed E-state index contributed by atoms with van der Waals surface area (Å²) in [4.78, 5) is -0.959. The third-order valence-electron chi connectivity index (χ3n) is 3.99. The average molecular weight is 318 g/mol. The highest BCUT2D eigenvalue weighted by Gasteiger charge is 2.29. The van der Waals surface area contributed by atoms with E-state index in [4.69, 9.17) is 5.73 Å². The van der Waals surface area contributed by atoms with Gasteiger partial charge in [-0.3, -0.25) is 0 Å². The zero-order chi connectivity index (χ0) is 15.6. The molecule has 118 valence electrons. The predicted molar refractivity (Wildman–Crippen MR) is 77.1 cm³/mol. The second-order valence-corrected chi connectivity index (χ2v) is 7.27. The monoisotopic (exact) mass is 318 g/mol. The maximum Gasteiger partial charge on any atom is 0.246 e. The number of nitrogens with one attached hydrogen (secondary N) is 1. The molecule has 1 saturated carbocycles. The Labute approximate surface area is 123 Å². The highest BCUT2D eigenvalue weighted by atomic mass is 32.2. The van der Waals surface area contributed by atoms with Crippen molar-refractivity contribution < 1.29 is 17.2 Å². The molecule has 1 atom stereocenters. The van der Waals surface area contributed by atoms with Crippen molar-refractivity contribution >= 4 is 15.7 Å². The molecule has 4 nitrogen and oxygen atoms in total. The summed E-state index contributed by atoms with van der Waals surface area (Å²) in [6, 6.07) is 1.26. The maximum absolute atomic E-state index is 13.8. The highest BCUT2D eigenvalue weighted by molar-refractivity contribution is 7.89. The van der Waals surface area contributed by atoms with Gasteiger partial charge in [0.15, 0.2) is 4.90 Å². The highest BCUT2D eigenvalue weighted by Crippen LogP contribution is 2.28. The molecule has 0 aromatic heterocycles. The van der Waals surface area contributed by atoms with Crippen LogP contribution >= 0.6 is 0 Å². The molecular formula is C14H20F2N2O2S. The molecule has 3 N–H and O–H groups in total. The fraction of sp³-hybridized carbons (Fsp3) is 0.571. The van der Waals surface area contributed by atoms with E-state index in [2.05, 4.69) is 4.72 Å². The van der Waals surface area contributed by atoms with Gasteiger partial charge < -0.3 is 5.73 Å². The van der Waals surface area contributed by atoms with E-state index in [0.717, 1.165) is 44.2 Å². The Morgan fingerprint density at radius 3 is 2.24 bits per heavy atom. The van der Waals surface area contributed by atoms with Crippen LogP contribution < -0.4 is 10.5 Å². The van der Waals surface area contributed by atoms with Gasteiger partial charge in [-0.2, -0.15) is 0 Å². The molecule has 0 amide bonds. The second-order valence-electron chi connectivity index (χ2n) is 5.62. The molecule has 0 heterocycles. The number of nitrogens with two attached hydrogens (primary N) is 1. The van der Waals surface area contributed by atoms with Crippen molar-refractivity contribution in [3.8, 4) is 0 Å². The Balaban J connectivity index is 2.22. The van der Waals surface area contributed by atoms with Crippen molar-refractivity contribution in [3.63, 3.8) is 0 Å². The number of hydrogen-bond donors (Lipinski definition) is 2. The predicted octanol–water partition coefficient (Wildman–Crippen LogP) is 2.79. The van der Waals surface area contributed by atoms with Crippen molar-refractivity contribution in [3.05, 3.63) is 23.8 Å². The minimum absolute atomic E-state index is 0.149. The number of halogens is 2. The van der Waals surface area contributed by atoms with E-state index in [-0.39, 0.29) is 17.6 Å². The number of nitrogen functional groups attached to an aromatic ring is 1. The van der Waals surface area contributed by atoms with Crippen molar-refractivity contribution in [1.29, 1.82) is 0 Å². The number of benzene rings is 1. The fourth-order valence-electron chi connectivity index (χ4n) is 2.87. The molecule has 0 radical (unpaired) electrons. The fourth-order valence-corrected chi connectivity index (χ4v) is 4.30. The molecule has 1 aromatic carbocycles. The summed E-state index contributed by atoms with van der Waals surface area (Å²) in [5.74, 6) is -2.14. The number of sulfonamides is 1. The molecule has 1 aliphatic rings. The molecule has 0 bridgehead atoms. The first-order valence-electron chi connectivity index (χ1n) is 7.08. The largest absolute Gasteiger partial charge is 0.399 e. The van der Waals surface area contributed by atoms with Crippen LogP contribution in [0.5, 0.6) is 0 Å². The maximum atomic E-state index is 13.8. The Hall–Kier alpha value is -1.21. The molecular weight excluding hydrogens is 298 g/mol. The van der Waals surface area contributed by atoms with Gasteiger partial charge in [0.2, 0.25) is 10.0 Å². The van der Waals surface area contributed by atoms with Crippen LogP contribution in [-0.4, -0.2) is 14.5 Å². The zero-order valence-electron chi connectivity index (χ0n) is 11.9. The first-order chi connectivity index (χ1) is 9.81. The molecule has 0 aliphatic heterocycles. The third-order valence-corrected chi connectivity index (χ3v) is 5.60. The molecule has 7 heteroatoms. The first kappa shape index (κ1) is 16.2. The summed E-state index contributed by atoms with van der Waals surface area (Å²) in [5.41, 5.74) is 5.15. The summed E-state index contributed by atoms with van der Waals surface area (Å²) < 4.78 is 54.3. The minimum atomic E-state index is -4.24. The third kappa shape index (κ3) is 3.71. The summed E-state index contributed by atoms with van der Waals surface area (Å²) in [5, 5.41) is 0. The molecule has 2 rings (SSSR count). The lowest BCUT2D eigenvalue weighted by Gasteiger charge is -2.28.